The van der Waals surface area contributed by atoms with Crippen LogP contribution in [0, 0.1) is 0 Å². The molecule has 36 heavy (non-hydrogen) atoms. The summed E-state index contributed by atoms with van der Waals surface area (Å²) in [5, 5.41) is 0. The van der Waals surface area contributed by atoms with Crippen LogP contribution in [-0.2, 0) is 32.7 Å². The van der Waals surface area contributed by atoms with E-state index in [2.05, 4.69) is 13.8 Å². The number of phosphoric ester groups is 1. The number of phosphoric acid groups is 1. The van der Waals surface area contributed by atoms with Crippen LogP contribution in [0.25, 0.3) is 0 Å². The third-order valence-corrected chi connectivity index (χ3v) is 6.59. The van der Waals surface area contributed by atoms with Gasteiger partial charge in [-0.15, -0.1) is 0 Å². The molecule has 0 N–H and O–H groups in total. The number of nitrogens with zero attached hydrogens (tertiary/aromatic N) is 1. The van der Waals surface area contributed by atoms with Crippen LogP contribution in [0.2, 0.25) is 0 Å². The summed E-state index contributed by atoms with van der Waals surface area (Å²) in [6, 6.07) is 0. The van der Waals surface area contributed by atoms with Gasteiger partial charge in [-0.05, 0) is 12.8 Å². The van der Waals surface area contributed by atoms with Gasteiger partial charge in [-0.3, -0.25) is 14.2 Å². The summed E-state index contributed by atoms with van der Waals surface area (Å²) >= 11 is 0. The standard InChI is InChI=1S/C26H52NO8P/c1-6-8-10-12-13-15-16-18-25(28)32-22-24(35-26(29)19-17-14-11-9-7-2)23-34-36(30,31)33-21-20-27(3,4)5/h24H,6-23H2,1-5H3/t24-/m1/s1. The number of unbranched alkanes of at least 4 members (excludes halogenated alkanes) is 10. The van der Waals surface area contributed by atoms with Gasteiger partial charge in [0, 0.05) is 12.8 Å². The van der Waals surface area contributed by atoms with Gasteiger partial charge in [0.1, 0.15) is 19.8 Å². The van der Waals surface area contributed by atoms with Crippen molar-refractivity contribution in [2.24, 2.45) is 0 Å². The van der Waals surface area contributed by atoms with E-state index in [9.17, 15) is 19.0 Å². The fourth-order valence-corrected chi connectivity index (χ4v) is 4.09. The molecule has 0 aromatic carbocycles. The minimum absolute atomic E-state index is 0.0279. The van der Waals surface area contributed by atoms with Crippen molar-refractivity contribution in [3.8, 4) is 0 Å². The fraction of sp³-hybridized carbons (Fsp3) is 0.923. The van der Waals surface area contributed by atoms with E-state index < -0.39 is 32.5 Å². The Labute approximate surface area is 219 Å². The first-order valence-corrected chi connectivity index (χ1v) is 15.2. The minimum Gasteiger partial charge on any atom is -0.756 e. The zero-order valence-electron chi connectivity index (χ0n) is 23.5. The summed E-state index contributed by atoms with van der Waals surface area (Å²) in [7, 11) is 1.16. The number of carbonyl (C=O) groups excluding carboxylic acids is 2. The van der Waals surface area contributed by atoms with Gasteiger partial charge in [0.05, 0.1) is 27.7 Å². The molecule has 0 aliphatic heterocycles. The lowest BCUT2D eigenvalue weighted by Gasteiger charge is -2.28. The molecular weight excluding hydrogens is 485 g/mol. The van der Waals surface area contributed by atoms with E-state index in [1.807, 2.05) is 21.1 Å². The molecule has 0 rings (SSSR count). The molecule has 0 saturated carbocycles. The normalized spacial score (nSPS) is 14.3. The minimum atomic E-state index is -4.58. The molecule has 214 valence electrons. The lowest BCUT2D eigenvalue weighted by molar-refractivity contribution is -0.870. The molecule has 0 amide bonds. The van der Waals surface area contributed by atoms with Crippen LogP contribution in [0.3, 0.4) is 0 Å². The predicted molar refractivity (Wildman–Crippen MR) is 139 cm³/mol. The Balaban J connectivity index is 4.58. The highest BCUT2D eigenvalue weighted by Crippen LogP contribution is 2.38. The molecule has 0 fully saturated rings. The van der Waals surface area contributed by atoms with Crippen molar-refractivity contribution in [3.63, 3.8) is 0 Å². The topological polar surface area (TPSA) is 111 Å². The second kappa shape index (κ2) is 21.0. The van der Waals surface area contributed by atoms with E-state index in [0.29, 0.717) is 17.4 Å². The highest BCUT2D eigenvalue weighted by molar-refractivity contribution is 7.45. The molecule has 9 nitrogen and oxygen atoms in total. The second-order valence-electron chi connectivity index (χ2n) is 10.4. The Morgan fingerprint density at radius 1 is 0.750 bits per heavy atom. The molecule has 0 bridgehead atoms. The number of rotatable bonds is 24. The van der Waals surface area contributed by atoms with Crippen molar-refractivity contribution in [1.82, 2.24) is 0 Å². The van der Waals surface area contributed by atoms with Crippen molar-refractivity contribution < 1.29 is 42.1 Å². The highest BCUT2D eigenvalue weighted by atomic mass is 31.2. The fourth-order valence-electron chi connectivity index (χ4n) is 3.36. The Kier molecular flexibility index (Phi) is 20.4. The number of likely N-dealkylation sites (N-methyl/N-ethyl adjacent to an activating group) is 1. The van der Waals surface area contributed by atoms with Crippen molar-refractivity contribution in [2.45, 2.75) is 110 Å². The first-order valence-electron chi connectivity index (χ1n) is 13.7. The lowest BCUT2D eigenvalue weighted by Crippen LogP contribution is -2.37. The van der Waals surface area contributed by atoms with Gasteiger partial charge < -0.3 is 27.9 Å². The van der Waals surface area contributed by atoms with Crippen LogP contribution in [0.1, 0.15) is 104 Å². The van der Waals surface area contributed by atoms with Gasteiger partial charge in [0.25, 0.3) is 7.82 Å². The average Bonchev–Trinajstić information content (AvgIpc) is 2.79. The SMILES string of the molecule is CCCCCCCCCC(=O)OC[C@H](COP(=O)([O-])OCC[N+](C)(C)C)OC(=O)CCCCCCC. The van der Waals surface area contributed by atoms with Crippen molar-refractivity contribution >= 4 is 19.8 Å². The summed E-state index contributed by atoms with van der Waals surface area (Å²) in [5.74, 6) is -0.858. The van der Waals surface area contributed by atoms with E-state index in [1.165, 1.54) is 25.7 Å². The zero-order chi connectivity index (χ0) is 27.3. The Bertz CT molecular complexity index is 624. The van der Waals surface area contributed by atoms with Gasteiger partial charge in [-0.2, -0.15) is 0 Å². The summed E-state index contributed by atoms with van der Waals surface area (Å²) < 4.78 is 33.1. The lowest BCUT2D eigenvalue weighted by atomic mass is 10.1. The number of esters is 2. The Hall–Kier alpha value is -0.990. The molecule has 1 unspecified atom stereocenters. The third kappa shape index (κ3) is 23.4. The molecule has 2 atom stereocenters. The number of quaternary nitrogens is 1. The van der Waals surface area contributed by atoms with Gasteiger partial charge in [-0.1, -0.05) is 78.1 Å². The summed E-state index contributed by atoms with van der Waals surface area (Å²) in [6.45, 7) is 4.03. The molecule has 0 aliphatic rings. The average molecular weight is 538 g/mol. The second-order valence-corrected chi connectivity index (χ2v) is 11.8. The van der Waals surface area contributed by atoms with E-state index >= 15 is 0 Å². The van der Waals surface area contributed by atoms with Crippen LogP contribution in [0.4, 0.5) is 0 Å². The molecular formula is C26H52NO8P. The first kappa shape index (κ1) is 35.0. The molecule has 0 aromatic rings. The molecule has 10 heteroatoms. The van der Waals surface area contributed by atoms with E-state index in [1.54, 1.807) is 0 Å². The van der Waals surface area contributed by atoms with E-state index in [4.69, 9.17) is 18.5 Å². The summed E-state index contributed by atoms with van der Waals surface area (Å²) in [6.07, 6.45) is 12.0. The van der Waals surface area contributed by atoms with Crippen LogP contribution in [-0.4, -0.2) is 70.0 Å². The summed E-state index contributed by atoms with van der Waals surface area (Å²) in [5.41, 5.74) is 0. The Morgan fingerprint density at radius 2 is 1.25 bits per heavy atom. The number of ether oxygens (including phenoxy) is 2. The van der Waals surface area contributed by atoms with E-state index in [-0.39, 0.29) is 26.1 Å². The molecule has 0 heterocycles. The van der Waals surface area contributed by atoms with Crippen LogP contribution in [0.5, 0.6) is 0 Å². The third-order valence-electron chi connectivity index (χ3n) is 5.63. The predicted octanol–water partition coefficient (Wildman–Crippen LogP) is 5.15. The van der Waals surface area contributed by atoms with Gasteiger partial charge in [-0.25, -0.2) is 0 Å². The van der Waals surface area contributed by atoms with Crippen molar-refractivity contribution in [3.05, 3.63) is 0 Å². The quantitative estimate of drug-likeness (QED) is 0.0719. The maximum atomic E-state index is 12.3. The van der Waals surface area contributed by atoms with Gasteiger partial charge in [0.15, 0.2) is 6.10 Å². The van der Waals surface area contributed by atoms with Crippen molar-refractivity contribution in [2.75, 3.05) is 47.5 Å². The number of hydrogen-bond acceptors (Lipinski definition) is 8. The number of carbonyl (C=O) groups is 2. The monoisotopic (exact) mass is 537 g/mol. The molecule has 0 radical (unpaired) electrons. The first-order chi connectivity index (χ1) is 17.0. The van der Waals surface area contributed by atoms with Crippen molar-refractivity contribution in [1.29, 1.82) is 0 Å². The Morgan fingerprint density at radius 3 is 1.78 bits per heavy atom. The van der Waals surface area contributed by atoms with Gasteiger partial charge in [0.2, 0.25) is 0 Å². The maximum absolute atomic E-state index is 12.3. The van der Waals surface area contributed by atoms with E-state index in [0.717, 1.165) is 44.9 Å². The van der Waals surface area contributed by atoms with Crippen LogP contribution in [0.15, 0.2) is 0 Å². The summed E-state index contributed by atoms with van der Waals surface area (Å²) in [4.78, 5) is 36.5. The van der Waals surface area contributed by atoms with Crippen LogP contribution >= 0.6 is 7.82 Å². The van der Waals surface area contributed by atoms with Crippen LogP contribution < -0.4 is 4.89 Å². The molecule has 0 aromatic heterocycles. The molecule has 0 aliphatic carbocycles. The number of hydrogen-bond donors (Lipinski definition) is 0. The largest absolute Gasteiger partial charge is 0.756 e. The highest BCUT2D eigenvalue weighted by Gasteiger charge is 2.21. The molecule has 0 saturated heterocycles. The van der Waals surface area contributed by atoms with Gasteiger partial charge >= 0.3 is 11.9 Å². The maximum Gasteiger partial charge on any atom is 0.306 e. The smallest absolute Gasteiger partial charge is 0.306 e. The zero-order valence-corrected chi connectivity index (χ0v) is 24.4. The molecule has 0 spiro atoms.